The highest BCUT2D eigenvalue weighted by molar-refractivity contribution is 7.99. The van der Waals surface area contributed by atoms with Crippen molar-refractivity contribution in [2.75, 3.05) is 16.4 Å². The Bertz CT molecular complexity index is 762. The smallest absolute Gasteiger partial charge is 0.266 e. The molecule has 7 heteroatoms. The van der Waals surface area contributed by atoms with Crippen molar-refractivity contribution in [3.05, 3.63) is 34.8 Å². The van der Waals surface area contributed by atoms with Crippen LogP contribution in [0.4, 0.5) is 10.7 Å². The summed E-state index contributed by atoms with van der Waals surface area (Å²) in [7, 11) is 0. The molecule has 0 aliphatic rings. The van der Waals surface area contributed by atoms with Gasteiger partial charge in [0.15, 0.2) is 0 Å². The van der Waals surface area contributed by atoms with E-state index in [0.29, 0.717) is 15.6 Å². The lowest BCUT2D eigenvalue weighted by atomic mass is 9.96. The van der Waals surface area contributed by atoms with Gasteiger partial charge < -0.3 is 10.6 Å². The number of amides is 2. The second-order valence-electron chi connectivity index (χ2n) is 6.60. The zero-order valence-corrected chi connectivity index (χ0v) is 16.7. The first-order valence-corrected chi connectivity index (χ1v) is 9.83. The Hall–Kier alpha value is -1.86. The Morgan fingerprint density at radius 1 is 1.24 bits per heavy atom. The van der Waals surface area contributed by atoms with Crippen LogP contribution < -0.4 is 10.6 Å². The lowest BCUT2D eigenvalue weighted by Crippen LogP contribution is -2.27. The highest BCUT2D eigenvalue weighted by atomic mass is 32.2. The average molecular weight is 378 g/mol. The molecular weight excluding hydrogens is 354 g/mol. The summed E-state index contributed by atoms with van der Waals surface area (Å²) < 4.78 is 0. The number of thiophene rings is 1. The fourth-order valence-electron chi connectivity index (χ4n) is 1.94. The maximum absolute atomic E-state index is 12.5. The first kappa shape index (κ1) is 19.5. The number of carbonyl (C=O) groups excluding carboxylic acids is 2. The molecule has 0 unspecified atom stereocenters. The Balaban J connectivity index is 2.08. The van der Waals surface area contributed by atoms with E-state index in [1.807, 2.05) is 45.9 Å². The van der Waals surface area contributed by atoms with E-state index in [1.165, 1.54) is 11.3 Å². The van der Waals surface area contributed by atoms with Crippen molar-refractivity contribution in [3.63, 3.8) is 0 Å². The van der Waals surface area contributed by atoms with Gasteiger partial charge in [0.1, 0.15) is 0 Å². The first-order valence-electron chi connectivity index (χ1n) is 8.02. The fourth-order valence-corrected chi connectivity index (χ4v) is 3.49. The monoisotopic (exact) mass is 377 g/mol. The summed E-state index contributed by atoms with van der Waals surface area (Å²) in [6, 6.07) is 5.55. The van der Waals surface area contributed by atoms with E-state index in [0.717, 1.165) is 16.3 Å². The van der Waals surface area contributed by atoms with Crippen LogP contribution in [-0.2, 0) is 4.79 Å². The van der Waals surface area contributed by atoms with Crippen LogP contribution in [0, 0.1) is 12.3 Å². The van der Waals surface area contributed by atoms with Crippen LogP contribution >= 0.6 is 23.1 Å². The summed E-state index contributed by atoms with van der Waals surface area (Å²) in [5.74, 6) is 0.682. The Morgan fingerprint density at radius 3 is 2.52 bits per heavy atom. The number of thioether (sulfide) groups is 1. The minimum atomic E-state index is -0.482. The van der Waals surface area contributed by atoms with Gasteiger partial charge >= 0.3 is 0 Å². The van der Waals surface area contributed by atoms with Crippen LogP contribution in [0.5, 0.6) is 0 Å². The number of rotatable bonds is 5. The quantitative estimate of drug-likeness (QED) is 0.734. The molecule has 2 N–H and O–H groups in total. The molecule has 2 heterocycles. The number of nitrogens with one attached hydrogen (secondary N) is 2. The third-order valence-electron chi connectivity index (χ3n) is 3.33. The van der Waals surface area contributed by atoms with Crippen LogP contribution in [-0.4, -0.2) is 22.6 Å². The van der Waals surface area contributed by atoms with Crippen molar-refractivity contribution in [3.8, 4) is 0 Å². The SMILES string of the molecule is CCSc1ccc(NC(=O)c2sc(NC(=O)C(C)(C)C)cc2C)cn1. The predicted octanol–water partition coefficient (Wildman–Crippen LogP) is 4.80. The van der Waals surface area contributed by atoms with Gasteiger partial charge in [0.25, 0.3) is 5.91 Å². The molecular formula is C18H23N3O2S2. The minimum Gasteiger partial charge on any atom is -0.320 e. The third-order valence-corrected chi connectivity index (χ3v) is 5.31. The lowest BCUT2D eigenvalue weighted by Gasteiger charge is -2.16. The molecule has 0 spiro atoms. The maximum Gasteiger partial charge on any atom is 0.266 e. The van der Waals surface area contributed by atoms with Crippen LogP contribution in [0.25, 0.3) is 0 Å². The maximum atomic E-state index is 12.5. The Morgan fingerprint density at radius 2 is 1.96 bits per heavy atom. The van der Waals surface area contributed by atoms with Gasteiger partial charge in [-0.15, -0.1) is 23.1 Å². The number of nitrogens with zero attached hydrogens (tertiary/aromatic N) is 1. The van der Waals surface area contributed by atoms with Gasteiger partial charge in [0.05, 0.1) is 26.8 Å². The summed E-state index contributed by atoms with van der Waals surface area (Å²) in [6.45, 7) is 9.48. The van der Waals surface area contributed by atoms with Crippen molar-refractivity contribution < 1.29 is 9.59 Å². The molecule has 134 valence electrons. The van der Waals surface area contributed by atoms with Crippen molar-refractivity contribution >= 4 is 45.6 Å². The van der Waals surface area contributed by atoms with E-state index in [-0.39, 0.29) is 11.8 Å². The van der Waals surface area contributed by atoms with E-state index < -0.39 is 5.41 Å². The van der Waals surface area contributed by atoms with E-state index in [9.17, 15) is 9.59 Å². The largest absolute Gasteiger partial charge is 0.320 e. The summed E-state index contributed by atoms with van der Waals surface area (Å²) in [5.41, 5.74) is 1.00. The molecule has 0 aliphatic carbocycles. The number of pyridine rings is 1. The van der Waals surface area contributed by atoms with Gasteiger partial charge in [0, 0.05) is 5.41 Å². The normalized spacial score (nSPS) is 11.2. The molecule has 0 saturated carbocycles. The summed E-state index contributed by atoms with van der Waals surface area (Å²) >= 11 is 2.92. The predicted molar refractivity (Wildman–Crippen MR) is 106 cm³/mol. The van der Waals surface area contributed by atoms with E-state index in [4.69, 9.17) is 0 Å². The zero-order valence-electron chi connectivity index (χ0n) is 15.1. The Kier molecular flexibility index (Phi) is 6.24. The minimum absolute atomic E-state index is 0.0751. The molecule has 0 bridgehead atoms. The van der Waals surface area contributed by atoms with Crippen molar-refractivity contribution in [2.45, 2.75) is 39.6 Å². The molecule has 2 rings (SSSR count). The summed E-state index contributed by atoms with van der Waals surface area (Å²) in [5, 5.41) is 7.33. The van der Waals surface area contributed by atoms with Gasteiger partial charge in [-0.05, 0) is 36.4 Å². The topological polar surface area (TPSA) is 71.1 Å². The van der Waals surface area contributed by atoms with Gasteiger partial charge in [-0.2, -0.15) is 0 Å². The number of aryl methyl sites for hydroxylation is 1. The van der Waals surface area contributed by atoms with Crippen LogP contribution in [0.3, 0.4) is 0 Å². The lowest BCUT2D eigenvalue weighted by molar-refractivity contribution is -0.123. The summed E-state index contributed by atoms with van der Waals surface area (Å²) in [4.78, 5) is 29.5. The van der Waals surface area contributed by atoms with E-state index in [1.54, 1.807) is 18.0 Å². The number of aromatic nitrogens is 1. The van der Waals surface area contributed by atoms with Crippen molar-refractivity contribution in [2.24, 2.45) is 5.41 Å². The molecule has 5 nitrogen and oxygen atoms in total. The molecule has 0 saturated heterocycles. The summed E-state index contributed by atoms with van der Waals surface area (Å²) in [6.07, 6.45) is 1.65. The van der Waals surface area contributed by atoms with Gasteiger partial charge in [-0.3, -0.25) is 9.59 Å². The van der Waals surface area contributed by atoms with Crippen LogP contribution in [0.1, 0.15) is 42.9 Å². The molecule has 2 aromatic heterocycles. The highest BCUT2D eigenvalue weighted by Gasteiger charge is 2.23. The van der Waals surface area contributed by atoms with Crippen molar-refractivity contribution in [1.82, 2.24) is 4.98 Å². The molecule has 0 aromatic carbocycles. The van der Waals surface area contributed by atoms with Crippen LogP contribution in [0.15, 0.2) is 29.4 Å². The molecule has 0 atom stereocenters. The van der Waals surface area contributed by atoms with E-state index >= 15 is 0 Å². The molecule has 2 amide bonds. The zero-order chi connectivity index (χ0) is 18.6. The average Bonchev–Trinajstić information content (AvgIpc) is 2.89. The first-order chi connectivity index (χ1) is 11.7. The molecule has 0 radical (unpaired) electrons. The standard InChI is InChI=1S/C18H23N3O2S2/c1-6-24-13-8-7-12(10-19-13)20-16(22)15-11(2)9-14(25-15)21-17(23)18(3,4)5/h7-10H,6H2,1-5H3,(H,20,22)(H,21,23). The molecule has 0 fully saturated rings. The van der Waals surface area contributed by atoms with Gasteiger partial charge in [-0.25, -0.2) is 4.98 Å². The number of anilines is 2. The van der Waals surface area contributed by atoms with Gasteiger partial charge in [-0.1, -0.05) is 27.7 Å². The van der Waals surface area contributed by atoms with Crippen molar-refractivity contribution in [1.29, 1.82) is 0 Å². The molecule has 2 aromatic rings. The fraction of sp³-hybridized carbons (Fsp3) is 0.389. The second kappa shape index (κ2) is 8.01. The molecule has 0 aliphatic heterocycles. The second-order valence-corrected chi connectivity index (χ2v) is 8.94. The highest BCUT2D eigenvalue weighted by Crippen LogP contribution is 2.29. The number of hydrogen-bond acceptors (Lipinski definition) is 5. The molecule has 25 heavy (non-hydrogen) atoms. The number of hydrogen-bond donors (Lipinski definition) is 2. The van der Waals surface area contributed by atoms with Gasteiger partial charge in [0.2, 0.25) is 5.91 Å². The number of carbonyl (C=O) groups is 2. The third kappa shape index (κ3) is 5.31. The van der Waals surface area contributed by atoms with Crippen LogP contribution in [0.2, 0.25) is 0 Å². The van der Waals surface area contributed by atoms with E-state index in [2.05, 4.69) is 22.5 Å². The Labute approximate surface area is 156 Å².